The van der Waals surface area contributed by atoms with E-state index in [2.05, 4.69) is 36.6 Å². The second-order valence-corrected chi connectivity index (χ2v) is 6.02. The molecule has 19 heavy (non-hydrogen) atoms. The molecule has 1 aliphatic heterocycles. The van der Waals surface area contributed by atoms with Gasteiger partial charge in [-0.25, -0.2) is 0 Å². The monoisotopic (exact) mass is 261 g/mol. The summed E-state index contributed by atoms with van der Waals surface area (Å²) >= 11 is 0. The van der Waals surface area contributed by atoms with Crippen LogP contribution in [0.25, 0.3) is 0 Å². The van der Waals surface area contributed by atoms with Gasteiger partial charge in [-0.3, -0.25) is 4.79 Å². The predicted octanol–water partition coefficient (Wildman–Crippen LogP) is 1.65. The largest absolute Gasteiger partial charge is 0.330 e. The van der Waals surface area contributed by atoms with Crippen LogP contribution in [-0.4, -0.2) is 19.0 Å². The van der Waals surface area contributed by atoms with E-state index in [9.17, 15) is 4.79 Å². The molecular formula is C15H23N3O. The standard InChI is InChI=1S/C15H23N3O/c1-15(2,5-6-16)10-17-9-11-3-4-13-12(7-11)8-14(19)18-13/h3-4,7,17H,5-6,8-10,16H2,1-2H3,(H,18,19). The summed E-state index contributed by atoms with van der Waals surface area (Å²) in [7, 11) is 0. The molecule has 0 spiro atoms. The van der Waals surface area contributed by atoms with Crippen molar-refractivity contribution in [2.45, 2.75) is 33.2 Å². The lowest BCUT2D eigenvalue weighted by Gasteiger charge is -2.24. The van der Waals surface area contributed by atoms with Crippen molar-refractivity contribution in [3.05, 3.63) is 29.3 Å². The number of fused-ring (bicyclic) bond motifs is 1. The second-order valence-electron chi connectivity index (χ2n) is 6.02. The van der Waals surface area contributed by atoms with Crippen LogP contribution in [0.1, 0.15) is 31.4 Å². The van der Waals surface area contributed by atoms with Crippen molar-refractivity contribution in [3.8, 4) is 0 Å². The molecule has 104 valence electrons. The molecule has 1 heterocycles. The van der Waals surface area contributed by atoms with Gasteiger partial charge in [-0.05, 0) is 35.6 Å². The highest BCUT2D eigenvalue weighted by molar-refractivity contribution is 5.99. The minimum Gasteiger partial charge on any atom is -0.330 e. The molecular weight excluding hydrogens is 238 g/mol. The topological polar surface area (TPSA) is 67.1 Å². The summed E-state index contributed by atoms with van der Waals surface area (Å²) in [6.07, 6.45) is 1.52. The van der Waals surface area contributed by atoms with Crippen molar-refractivity contribution < 1.29 is 4.79 Å². The Kier molecular flexibility index (Phi) is 4.22. The number of amides is 1. The summed E-state index contributed by atoms with van der Waals surface area (Å²) in [6, 6.07) is 6.16. The van der Waals surface area contributed by atoms with Gasteiger partial charge in [0, 0.05) is 18.8 Å². The smallest absolute Gasteiger partial charge is 0.228 e. The third-order valence-corrected chi connectivity index (χ3v) is 3.55. The summed E-state index contributed by atoms with van der Waals surface area (Å²) in [6.45, 7) is 6.94. The number of anilines is 1. The van der Waals surface area contributed by atoms with E-state index < -0.39 is 0 Å². The molecule has 2 rings (SSSR count). The Labute approximate surface area is 114 Å². The van der Waals surface area contributed by atoms with Crippen LogP contribution < -0.4 is 16.4 Å². The number of nitrogens with two attached hydrogens (primary N) is 1. The first-order valence-electron chi connectivity index (χ1n) is 6.83. The molecule has 1 aliphatic rings. The van der Waals surface area contributed by atoms with Crippen LogP contribution in [0, 0.1) is 5.41 Å². The highest BCUT2D eigenvalue weighted by Gasteiger charge is 2.18. The Morgan fingerprint density at radius 2 is 2.21 bits per heavy atom. The number of hydrogen-bond donors (Lipinski definition) is 3. The molecule has 0 unspecified atom stereocenters. The summed E-state index contributed by atoms with van der Waals surface area (Å²) in [4.78, 5) is 11.3. The fourth-order valence-corrected chi connectivity index (χ4v) is 2.42. The lowest BCUT2D eigenvalue weighted by atomic mass is 9.89. The van der Waals surface area contributed by atoms with Crippen LogP contribution >= 0.6 is 0 Å². The molecule has 0 aliphatic carbocycles. The molecule has 0 saturated carbocycles. The fraction of sp³-hybridized carbons (Fsp3) is 0.533. The first-order chi connectivity index (χ1) is 9.00. The number of carbonyl (C=O) groups is 1. The van der Waals surface area contributed by atoms with Gasteiger partial charge in [0.05, 0.1) is 6.42 Å². The van der Waals surface area contributed by atoms with Crippen molar-refractivity contribution in [3.63, 3.8) is 0 Å². The normalized spacial score (nSPS) is 14.4. The number of rotatable bonds is 6. The van der Waals surface area contributed by atoms with E-state index in [4.69, 9.17) is 5.73 Å². The molecule has 4 nitrogen and oxygen atoms in total. The minimum atomic E-state index is 0.0872. The first kappa shape index (κ1) is 14.0. The van der Waals surface area contributed by atoms with Crippen LogP contribution in [0.15, 0.2) is 18.2 Å². The van der Waals surface area contributed by atoms with Crippen LogP contribution in [0.4, 0.5) is 5.69 Å². The summed E-state index contributed by atoms with van der Waals surface area (Å²) in [5.41, 5.74) is 9.11. The maximum absolute atomic E-state index is 11.3. The van der Waals surface area contributed by atoms with E-state index in [-0.39, 0.29) is 11.3 Å². The van der Waals surface area contributed by atoms with E-state index in [1.165, 1.54) is 5.56 Å². The molecule has 0 aromatic heterocycles. The lowest BCUT2D eigenvalue weighted by Crippen LogP contribution is -2.31. The fourth-order valence-electron chi connectivity index (χ4n) is 2.42. The van der Waals surface area contributed by atoms with Crippen LogP contribution in [0.2, 0.25) is 0 Å². The van der Waals surface area contributed by atoms with Gasteiger partial charge in [-0.15, -0.1) is 0 Å². The second kappa shape index (κ2) is 5.72. The van der Waals surface area contributed by atoms with Crippen molar-refractivity contribution in [2.24, 2.45) is 11.1 Å². The van der Waals surface area contributed by atoms with Crippen molar-refractivity contribution in [1.29, 1.82) is 0 Å². The highest BCUT2D eigenvalue weighted by atomic mass is 16.1. The quantitative estimate of drug-likeness (QED) is 0.729. The van der Waals surface area contributed by atoms with Gasteiger partial charge < -0.3 is 16.4 Å². The van der Waals surface area contributed by atoms with E-state index in [0.29, 0.717) is 6.42 Å². The zero-order valence-electron chi connectivity index (χ0n) is 11.8. The Morgan fingerprint density at radius 1 is 1.42 bits per heavy atom. The van der Waals surface area contributed by atoms with Crippen molar-refractivity contribution in [1.82, 2.24) is 5.32 Å². The van der Waals surface area contributed by atoms with Gasteiger partial charge in [0.2, 0.25) is 5.91 Å². The van der Waals surface area contributed by atoms with Crippen LogP contribution in [-0.2, 0) is 17.8 Å². The number of benzene rings is 1. The van der Waals surface area contributed by atoms with Gasteiger partial charge in [0.1, 0.15) is 0 Å². The molecule has 0 bridgehead atoms. The maximum Gasteiger partial charge on any atom is 0.228 e. The van der Waals surface area contributed by atoms with Crippen molar-refractivity contribution >= 4 is 11.6 Å². The summed E-state index contributed by atoms with van der Waals surface area (Å²) in [5.74, 6) is 0.0872. The van der Waals surface area contributed by atoms with Gasteiger partial charge in [0.15, 0.2) is 0 Å². The van der Waals surface area contributed by atoms with E-state index >= 15 is 0 Å². The lowest BCUT2D eigenvalue weighted by molar-refractivity contribution is -0.115. The van der Waals surface area contributed by atoms with Crippen LogP contribution in [0.5, 0.6) is 0 Å². The molecule has 1 aromatic carbocycles. The third kappa shape index (κ3) is 3.78. The minimum absolute atomic E-state index is 0.0872. The van der Waals surface area contributed by atoms with Gasteiger partial charge >= 0.3 is 0 Å². The van der Waals surface area contributed by atoms with Crippen molar-refractivity contribution in [2.75, 3.05) is 18.4 Å². The molecule has 1 aromatic rings. The molecule has 4 N–H and O–H groups in total. The van der Waals surface area contributed by atoms with Crippen LogP contribution in [0.3, 0.4) is 0 Å². The number of carbonyl (C=O) groups excluding carboxylic acids is 1. The van der Waals surface area contributed by atoms with Gasteiger partial charge in [0.25, 0.3) is 0 Å². The summed E-state index contributed by atoms with van der Waals surface area (Å²) < 4.78 is 0. The Morgan fingerprint density at radius 3 is 2.95 bits per heavy atom. The number of hydrogen-bond acceptors (Lipinski definition) is 3. The molecule has 4 heteroatoms. The molecule has 0 radical (unpaired) electrons. The van der Waals surface area contributed by atoms with E-state index in [1.54, 1.807) is 0 Å². The predicted molar refractivity (Wildman–Crippen MR) is 77.9 cm³/mol. The van der Waals surface area contributed by atoms with Gasteiger partial charge in [-0.2, -0.15) is 0 Å². The summed E-state index contributed by atoms with van der Waals surface area (Å²) in [5, 5.41) is 6.32. The van der Waals surface area contributed by atoms with E-state index in [0.717, 1.165) is 37.3 Å². The Balaban J connectivity index is 1.88. The SMILES string of the molecule is CC(C)(CCN)CNCc1ccc2c(c1)CC(=O)N2. The molecule has 1 amide bonds. The molecule has 0 fully saturated rings. The molecule has 0 saturated heterocycles. The average molecular weight is 261 g/mol. The van der Waals surface area contributed by atoms with Gasteiger partial charge in [-0.1, -0.05) is 26.0 Å². The first-order valence-corrected chi connectivity index (χ1v) is 6.83. The average Bonchev–Trinajstić information content (AvgIpc) is 2.68. The highest BCUT2D eigenvalue weighted by Crippen LogP contribution is 2.24. The third-order valence-electron chi connectivity index (χ3n) is 3.55. The Bertz CT molecular complexity index is 468. The number of nitrogens with one attached hydrogen (secondary N) is 2. The van der Waals surface area contributed by atoms with E-state index in [1.807, 2.05) is 6.07 Å². The molecule has 0 atom stereocenters. The maximum atomic E-state index is 11.3. The Hall–Kier alpha value is -1.39. The zero-order valence-corrected chi connectivity index (χ0v) is 11.8. The zero-order chi connectivity index (χ0) is 13.9.